The van der Waals surface area contributed by atoms with Gasteiger partial charge in [-0.2, -0.15) is 0 Å². The maximum atomic E-state index is 12.0. The molecule has 1 fully saturated rings. The number of rotatable bonds is 2. The van der Waals surface area contributed by atoms with Crippen LogP contribution in [0.5, 0.6) is 0 Å². The van der Waals surface area contributed by atoms with Crippen LogP contribution in [0.3, 0.4) is 0 Å². The molecule has 92 valence electrons. The van der Waals surface area contributed by atoms with Gasteiger partial charge < -0.3 is 10.4 Å². The second-order valence-corrected chi connectivity index (χ2v) is 4.89. The highest BCUT2D eigenvalue weighted by Gasteiger charge is 2.27. The maximum absolute atomic E-state index is 12.0. The monoisotopic (exact) mass is 233 g/mol. The van der Waals surface area contributed by atoms with Crippen molar-refractivity contribution in [3.05, 3.63) is 35.9 Å². The van der Waals surface area contributed by atoms with Crippen molar-refractivity contribution in [2.24, 2.45) is 5.92 Å². The summed E-state index contributed by atoms with van der Waals surface area (Å²) in [4.78, 5) is 12.0. The molecule has 0 heterocycles. The fourth-order valence-corrected chi connectivity index (χ4v) is 2.42. The molecule has 0 radical (unpaired) electrons. The van der Waals surface area contributed by atoms with Gasteiger partial charge in [-0.05, 0) is 37.3 Å². The van der Waals surface area contributed by atoms with Crippen LogP contribution in [0.1, 0.15) is 36.5 Å². The van der Waals surface area contributed by atoms with Crippen molar-refractivity contribution in [2.45, 2.75) is 38.3 Å². The number of aliphatic hydroxyl groups excluding tert-OH is 1. The number of nitrogens with one attached hydrogen (secondary N) is 1. The fraction of sp³-hybridized carbons (Fsp3) is 0.500. The van der Waals surface area contributed by atoms with Crippen molar-refractivity contribution in [2.75, 3.05) is 0 Å². The summed E-state index contributed by atoms with van der Waals surface area (Å²) in [6.45, 7) is 2.08. The summed E-state index contributed by atoms with van der Waals surface area (Å²) in [6, 6.07) is 9.45. The van der Waals surface area contributed by atoms with E-state index in [-0.39, 0.29) is 18.1 Å². The Morgan fingerprint density at radius 2 is 2.00 bits per heavy atom. The lowest BCUT2D eigenvalue weighted by Crippen LogP contribution is -2.43. The van der Waals surface area contributed by atoms with Gasteiger partial charge in [0.1, 0.15) is 0 Å². The van der Waals surface area contributed by atoms with Gasteiger partial charge in [-0.3, -0.25) is 4.79 Å². The molecule has 1 aromatic carbocycles. The van der Waals surface area contributed by atoms with Crippen molar-refractivity contribution < 1.29 is 9.90 Å². The first-order valence-corrected chi connectivity index (χ1v) is 6.21. The van der Waals surface area contributed by atoms with Crippen LogP contribution in [0, 0.1) is 5.92 Å². The maximum Gasteiger partial charge on any atom is 0.251 e. The van der Waals surface area contributed by atoms with Crippen molar-refractivity contribution in [3.8, 4) is 0 Å². The first-order chi connectivity index (χ1) is 8.16. The average Bonchev–Trinajstić information content (AvgIpc) is 2.34. The number of carbonyl (C=O) groups excluding carboxylic acids is 1. The highest BCUT2D eigenvalue weighted by molar-refractivity contribution is 5.94. The molecule has 3 atom stereocenters. The molecular formula is C14H19NO2. The Balaban J connectivity index is 1.95. The van der Waals surface area contributed by atoms with Crippen LogP contribution >= 0.6 is 0 Å². The largest absolute Gasteiger partial charge is 0.393 e. The highest BCUT2D eigenvalue weighted by atomic mass is 16.3. The number of benzene rings is 1. The molecule has 0 bridgehead atoms. The summed E-state index contributed by atoms with van der Waals surface area (Å²) in [5.41, 5.74) is 0.700. The predicted octanol–water partition coefficient (Wildman–Crippen LogP) is 1.97. The van der Waals surface area contributed by atoms with E-state index in [0.717, 1.165) is 19.3 Å². The number of aliphatic hydroxyl groups is 1. The number of hydrogen-bond donors (Lipinski definition) is 2. The van der Waals surface area contributed by atoms with E-state index in [1.54, 1.807) is 0 Å². The Kier molecular flexibility index (Phi) is 3.79. The Morgan fingerprint density at radius 3 is 2.65 bits per heavy atom. The van der Waals surface area contributed by atoms with E-state index in [1.165, 1.54) is 0 Å². The standard InChI is InChI=1S/C14H19NO2/c1-10-9-12(16)7-8-13(10)15-14(17)11-5-3-2-4-6-11/h2-6,10,12-13,16H,7-9H2,1H3,(H,15,17)/t10-,12+,13+/m1/s1. The van der Waals surface area contributed by atoms with Gasteiger partial charge in [-0.25, -0.2) is 0 Å². The molecule has 1 amide bonds. The second-order valence-electron chi connectivity index (χ2n) is 4.89. The van der Waals surface area contributed by atoms with E-state index in [4.69, 9.17) is 0 Å². The Morgan fingerprint density at radius 1 is 1.29 bits per heavy atom. The lowest BCUT2D eigenvalue weighted by atomic mass is 9.84. The minimum Gasteiger partial charge on any atom is -0.393 e. The van der Waals surface area contributed by atoms with Gasteiger partial charge in [-0.15, -0.1) is 0 Å². The van der Waals surface area contributed by atoms with E-state index < -0.39 is 0 Å². The Labute approximate surface area is 102 Å². The third-order valence-electron chi connectivity index (χ3n) is 3.49. The smallest absolute Gasteiger partial charge is 0.251 e. The minimum absolute atomic E-state index is 0.0150. The van der Waals surface area contributed by atoms with E-state index in [1.807, 2.05) is 30.3 Å². The number of carbonyl (C=O) groups is 1. The lowest BCUT2D eigenvalue weighted by molar-refractivity contribution is 0.0741. The molecule has 1 aromatic rings. The van der Waals surface area contributed by atoms with Gasteiger partial charge >= 0.3 is 0 Å². The van der Waals surface area contributed by atoms with E-state index >= 15 is 0 Å². The zero-order chi connectivity index (χ0) is 12.3. The van der Waals surface area contributed by atoms with Gasteiger partial charge in [0, 0.05) is 11.6 Å². The van der Waals surface area contributed by atoms with Crippen LogP contribution < -0.4 is 5.32 Å². The Bertz CT molecular complexity index is 377. The molecule has 0 aromatic heterocycles. The number of hydrogen-bond acceptors (Lipinski definition) is 2. The van der Waals surface area contributed by atoms with Gasteiger partial charge in [0.15, 0.2) is 0 Å². The van der Waals surface area contributed by atoms with Crippen LogP contribution in [0.4, 0.5) is 0 Å². The molecule has 3 heteroatoms. The molecular weight excluding hydrogens is 214 g/mol. The zero-order valence-corrected chi connectivity index (χ0v) is 10.1. The van der Waals surface area contributed by atoms with Crippen LogP contribution in [-0.4, -0.2) is 23.2 Å². The fourth-order valence-electron chi connectivity index (χ4n) is 2.42. The first-order valence-electron chi connectivity index (χ1n) is 6.21. The molecule has 17 heavy (non-hydrogen) atoms. The normalized spacial score (nSPS) is 28.7. The third-order valence-corrected chi connectivity index (χ3v) is 3.49. The van der Waals surface area contributed by atoms with Crippen molar-refractivity contribution >= 4 is 5.91 Å². The highest BCUT2D eigenvalue weighted by Crippen LogP contribution is 2.24. The predicted molar refractivity (Wildman–Crippen MR) is 66.7 cm³/mol. The SMILES string of the molecule is C[C@@H]1C[C@@H](O)CC[C@@H]1NC(=O)c1ccccc1. The molecule has 2 N–H and O–H groups in total. The van der Waals surface area contributed by atoms with Gasteiger partial charge in [0.05, 0.1) is 6.10 Å². The third kappa shape index (κ3) is 3.07. The van der Waals surface area contributed by atoms with Crippen LogP contribution in [0.25, 0.3) is 0 Å². The molecule has 0 aliphatic heterocycles. The molecule has 2 rings (SSSR count). The molecule has 0 saturated heterocycles. The first kappa shape index (κ1) is 12.1. The van der Waals surface area contributed by atoms with E-state index in [0.29, 0.717) is 11.5 Å². The van der Waals surface area contributed by atoms with Crippen molar-refractivity contribution in [1.82, 2.24) is 5.32 Å². The van der Waals surface area contributed by atoms with Crippen LogP contribution in [0.15, 0.2) is 30.3 Å². The summed E-state index contributed by atoms with van der Waals surface area (Å²) in [5, 5.41) is 12.6. The average molecular weight is 233 g/mol. The summed E-state index contributed by atoms with van der Waals surface area (Å²) in [7, 11) is 0. The molecule has 0 unspecified atom stereocenters. The van der Waals surface area contributed by atoms with Gasteiger partial charge in [-0.1, -0.05) is 25.1 Å². The molecule has 3 nitrogen and oxygen atoms in total. The topological polar surface area (TPSA) is 49.3 Å². The van der Waals surface area contributed by atoms with Crippen LogP contribution in [0.2, 0.25) is 0 Å². The minimum atomic E-state index is -0.199. The van der Waals surface area contributed by atoms with Gasteiger partial charge in [0.2, 0.25) is 0 Å². The van der Waals surface area contributed by atoms with Crippen LogP contribution in [-0.2, 0) is 0 Å². The molecule has 1 aliphatic rings. The summed E-state index contributed by atoms with van der Waals surface area (Å²) in [5.74, 6) is 0.324. The van der Waals surface area contributed by atoms with Crippen molar-refractivity contribution in [1.29, 1.82) is 0 Å². The van der Waals surface area contributed by atoms with Gasteiger partial charge in [0.25, 0.3) is 5.91 Å². The molecule has 0 spiro atoms. The summed E-state index contributed by atoms with van der Waals surface area (Å²) < 4.78 is 0. The quantitative estimate of drug-likeness (QED) is 0.820. The van der Waals surface area contributed by atoms with E-state index in [9.17, 15) is 9.90 Å². The molecule has 1 aliphatic carbocycles. The van der Waals surface area contributed by atoms with E-state index in [2.05, 4.69) is 12.2 Å². The zero-order valence-electron chi connectivity index (χ0n) is 10.1. The van der Waals surface area contributed by atoms with Crippen molar-refractivity contribution in [3.63, 3.8) is 0 Å². The summed E-state index contributed by atoms with van der Waals surface area (Å²) in [6.07, 6.45) is 2.22. The Hall–Kier alpha value is -1.35. The lowest BCUT2D eigenvalue weighted by Gasteiger charge is -2.32. The second kappa shape index (κ2) is 5.32. The summed E-state index contributed by atoms with van der Waals surface area (Å²) >= 11 is 0. The number of amides is 1. The molecule has 1 saturated carbocycles.